The molecule has 0 aromatic heterocycles. The molecule has 0 spiro atoms. The molecule has 0 radical (unpaired) electrons. The van der Waals surface area contributed by atoms with Crippen molar-refractivity contribution in [2.24, 2.45) is 17.6 Å². The molecule has 2 unspecified atom stereocenters. The largest absolute Gasteiger partial charge is 0.449 e. The van der Waals surface area contributed by atoms with Gasteiger partial charge >= 0.3 is 6.09 Å². The van der Waals surface area contributed by atoms with Crippen molar-refractivity contribution in [1.29, 1.82) is 0 Å². The summed E-state index contributed by atoms with van der Waals surface area (Å²) in [5.74, 6) is 0.794. The Morgan fingerprint density at radius 2 is 2.12 bits per heavy atom. The average molecular weight is 228 g/mol. The van der Waals surface area contributed by atoms with Gasteiger partial charge in [0.05, 0.1) is 6.61 Å². The third-order valence-corrected chi connectivity index (χ3v) is 3.02. The van der Waals surface area contributed by atoms with Crippen molar-refractivity contribution < 1.29 is 9.53 Å². The number of rotatable bonds is 4. The van der Waals surface area contributed by atoms with E-state index >= 15 is 0 Å². The van der Waals surface area contributed by atoms with E-state index in [1.54, 1.807) is 0 Å². The average Bonchev–Trinajstić information content (AvgIpc) is 2.25. The molecule has 1 fully saturated rings. The van der Waals surface area contributed by atoms with Gasteiger partial charge in [-0.2, -0.15) is 0 Å². The number of nitrogens with one attached hydrogen (secondary N) is 1. The van der Waals surface area contributed by atoms with Crippen LogP contribution in [0, 0.1) is 11.8 Å². The Kier molecular flexibility index (Phi) is 5.60. The summed E-state index contributed by atoms with van der Waals surface area (Å²) in [5.41, 5.74) is 6.00. The summed E-state index contributed by atoms with van der Waals surface area (Å²) in [4.78, 5) is 11.3. The van der Waals surface area contributed by atoms with Gasteiger partial charge in [-0.05, 0) is 24.7 Å². The van der Waals surface area contributed by atoms with Crippen molar-refractivity contribution >= 4 is 6.09 Å². The lowest BCUT2D eigenvalue weighted by Gasteiger charge is -2.28. The molecule has 0 heterocycles. The van der Waals surface area contributed by atoms with Gasteiger partial charge in [0.1, 0.15) is 0 Å². The van der Waals surface area contributed by atoms with Gasteiger partial charge in [-0.25, -0.2) is 4.79 Å². The molecular weight excluding hydrogens is 204 g/mol. The topological polar surface area (TPSA) is 64.3 Å². The minimum absolute atomic E-state index is 0.235. The molecule has 0 aromatic carbocycles. The molecule has 0 aromatic rings. The van der Waals surface area contributed by atoms with E-state index in [-0.39, 0.29) is 12.1 Å². The molecule has 4 nitrogen and oxygen atoms in total. The summed E-state index contributed by atoms with van der Waals surface area (Å²) in [5, 5.41) is 2.80. The Hall–Kier alpha value is -0.770. The highest BCUT2D eigenvalue weighted by Gasteiger charge is 2.22. The van der Waals surface area contributed by atoms with Crippen LogP contribution < -0.4 is 11.1 Å². The number of amides is 1. The van der Waals surface area contributed by atoms with Crippen LogP contribution in [-0.2, 0) is 4.74 Å². The lowest BCUT2D eigenvalue weighted by atomic mass is 9.85. The maximum atomic E-state index is 11.3. The first kappa shape index (κ1) is 13.3. The van der Waals surface area contributed by atoms with Crippen molar-refractivity contribution in [1.82, 2.24) is 5.32 Å². The van der Waals surface area contributed by atoms with Crippen LogP contribution in [0.15, 0.2) is 0 Å². The van der Waals surface area contributed by atoms with Crippen molar-refractivity contribution in [2.45, 2.75) is 45.6 Å². The highest BCUT2D eigenvalue weighted by atomic mass is 16.5. The first-order valence-electron chi connectivity index (χ1n) is 6.25. The van der Waals surface area contributed by atoms with Crippen LogP contribution in [0.5, 0.6) is 0 Å². The van der Waals surface area contributed by atoms with Gasteiger partial charge in [0, 0.05) is 12.6 Å². The highest BCUT2D eigenvalue weighted by Crippen LogP contribution is 2.22. The second-order valence-corrected chi connectivity index (χ2v) is 5.08. The third-order valence-electron chi connectivity index (χ3n) is 3.02. The molecule has 3 N–H and O–H groups in total. The van der Waals surface area contributed by atoms with Crippen LogP contribution in [0.2, 0.25) is 0 Å². The molecule has 1 rings (SSSR count). The van der Waals surface area contributed by atoms with Crippen molar-refractivity contribution in [3.05, 3.63) is 0 Å². The van der Waals surface area contributed by atoms with E-state index < -0.39 is 0 Å². The predicted octanol–water partition coefficient (Wildman–Crippen LogP) is 1.89. The van der Waals surface area contributed by atoms with E-state index in [2.05, 4.69) is 5.32 Å². The number of alkyl carbamates (subject to hydrolysis) is 1. The normalized spacial score (nSPS) is 25.5. The van der Waals surface area contributed by atoms with E-state index in [1.807, 2.05) is 13.8 Å². The van der Waals surface area contributed by atoms with Crippen molar-refractivity contribution in [3.63, 3.8) is 0 Å². The van der Waals surface area contributed by atoms with Gasteiger partial charge in [0.15, 0.2) is 0 Å². The Balaban J connectivity index is 2.15. The summed E-state index contributed by atoms with van der Waals surface area (Å²) >= 11 is 0. The zero-order valence-corrected chi connectivity index (χ0v) is 10.4. The van der Waals surface area contributed by atoms with Gasteiger partial charge in [0.25, 0.3) is 0 Å². The lowest BCUT2D eigenvalue weighted by Crippen LogP contribution is -2.41. The Bertz CT molecular complexity index is 219. The zero-order valence-electron chi connectivity index (χ0n) is 10.4. The maximum Gasteiger partial charge on any atom is 0.407 e. The maximum absolute atomic E-state index is 11.3. The first-order chi connectivity index (χ1) is 7.59. The second kappa shape index (κ2) is 6.74. The van der Waals surface area contributed by atoms with Crippen LogP contribution >= 0.6 is 0 Å². The van der Waals surface area contributed by atoms with E-state index in [0.717, 1.165) is 12.8 Å². The Morgan fingerprint density at radius 1 is 1.44 bits per heavy atom. The minimum Gasteiger partial charge on any atom is -0.449 e. The van der Waals surface area contributed by atoms with Crippen LogP contribution in [-0.4, -0.2) is 25.3 Å². The Labute approximate surface area is 97.9 Å². The molecule has 1 saturated carbocycles. The van der Waals surface area contributed by atoms with Gasteiger partial charge in [-0.3, -0.25) is 0 Å². The number of hydrogen-bond donors (Lipinski definition) is 2. The molecule has 0 saturated heterocycles. The van der Waals surface area contributed by atoms with E-state index in [4.69, 9.17) is 10.5 Å². The van der Waals surface area contributed by atoms with E-state index in [1.165, 1.54) is 12.8 Å². The van der Waals surface area contributed by atoms with Gasteiger partial charge in [0.2, 0.25) is 0 Å². The summed E-state index contributed by atoms with van der Waals surface area (Å²) < 4.78 is 5.04. The smallest absolute Gasteiger partial charge is 0.407 e. The van der Waals surface area contributed by atoms with Gasteiger partial charge in [-0.15, -0.1) is 0 Å². The molecule has 0 aliphatic heterocycles. The van der Waals surface area contributed by atoms with Gasteiger partial charge in [-0.1, -0.05) is 26.7 Å². The predicted molar refractivity (Wildman–Crippen MR) is 64.1 cm³/mol. The number of ether oxygens (including phenoxy) is 1. The summed E-state index contributed by atoms with van der Waals surface area (Å²) in [6.45, 7) is 5.16. The first-order valence-corrected chi connectivity index (χ1v) is 6.25. The van der Waals surface area contributed by atoms with Crippen molar-refractivity contribution in [3.8, 4) is 0 Å². The lowest BCUT2D eigenvalue weighted by molar-refractivity contribution is 0.130. The molecule has 1 amide bonds. The number of nitrogens with two attached hydrogens (primary N) is 1. The second-order valence-electron chi connectivity index (χ2n) is 5.08. The third kappa shape index (κ3) is 4.84. The molecule has 0 bridgehead atoms. The monoisotopic (exact) mass is 228 g/mol. The molecule has 1 aliphatic carbocycles. The fourth-order valence-corrected chi connectivity index (χ4v) is 2.00. The molecule has 94 valence electrons. The molecular formula is C12H24N2O2. The zero-order chi connectivity index (χ0) is 12.0. The number of carbonyl (C=O) groups is 1. The quantitative estimate of drug-likeness (QED) is 0.772. The Morgan fingerprint density at radius 3 is 2.75 bits per heavy atom. The summed E-state index contributed by atoms with van der Waals surface area (Å²) in [6.07, 6.45) is 4.32. The highest BCUT2D eigenvalue weighted by molar-refractivity contribution is 5.67. The fourth-order valence-electron chi connectivity index (χ4n) is 2.00. The fraction of sp³-hybridized carbons (Fsp3) is 0.917. The minimum atomic E-state index is -0.313. The van der Waals surface area contributed by atoms with Crippen LogP contribution in [0.1, 0.15) is 39.5 Å². The number of hydrogen-bond acceptors (Lipinski definition) is 3. The SMILES string of the molecule is CC(C)COC(=O)NCC1CCCCC1N. The van der Waals surface area contributed by atoms with Crippen molar-refractivity contribution in [2.75, 3.05) is 13.2 Å². The summed E-state index contributed by atoms with van der Waals surface area (Å²) in [6, 6.07) is 0.235. The molecule has 4 heteroatoms. The van der Waals surface area contributed by atoms with Crippen LogP contribution in [0.25, 0.3) is 0 Å². The van der Waals surface area contributed by atoms with Crippen LogP contribution in [0.4, 0.5) is 4.79 Å². The molecule has 1 aliphatic rings. The molecule has 16 heavy (non-hydrogen) atoms. The summed E-state index contributed by atoms with van der Waals surface area (Å²) in [7, 11) is 0. The van der Waals surface area contributed by atoms with Crippen LogP contribution in [0.3, 0.4) is 0 Å². The van der Waals surface area contributed by atoms with E-state index in [9.17, 15) is 4.79 Å². The van der Waals surface area contributed by atoms with Gasteiger partial charge < -0.3 is 15.8 Å². The molecule has 2 atom stereocenters. The standard InChI is InChI=1S/C12H24N2O2/c1-9(2)8-16-12(15)14-7-10-5-3-4-6-11(10)13/h9-11H,3-8,13H2,1-2H3,(H,14,15). The van der Waals surface area contributed by atoms with E-state index in [0.29, 0.717) is 25.0 Å². The number of carbonyl (C=O) groups excluding carboxylic acids is 1.